The molecule has 7 heteroatoms. The third-order valence-corrected chi connectivity index (χ3v) is 4.60. The second kappa shape index (κ2) is 5.61. The van der Waals surface area contributed by atoms with Crippen molar-refractivity contribution < 1.29 is 13.2 Å². The van der Waals surface area contributed by atoms with E-state index < -0.39 is 10.0 Å². The molecule has 1 aromatic rings. The molecule has 96 valence electrons. The molecule has 0 aromatic carbocycles. The number of nitrogens with two attached hydrogens (primary N) is 1. The van der Waals surface area contributed by atoms with Crippen molar-refractivity contribution in [3.63, 3.8) is 0 Å². The van der Waals surface area contributed by atoms with E-state index in [-0.39, 0.29) is 16.2 Å². The predicted octanol–water partition coefficient (Wildman–Crippen LogP) is 1.31. The fourth-order valence-corrected chi connectivity index (χ4v) is 2.98. The molecule has 1 unspecified atom stereocenters. The quantitative estimate of drug-likeness (QED) is 0.849. The minimum atomic E-state index is -3.72. The van der Waals surface area contributed by atoms with Gasteiger partial charge < -0.3 is 5.32 Å². The predicted molar refractivity (Wildman–Crippen MR) is 67.5 cm³/mol. The van der Waals surface area contributed by atoms with Crippen LogP contribution in [0.4, 0.5) is 0 Å². The highest BCUT2D eigenvalue weighted by Crippen LogP contribution is 2.18. The fraction of sp³-hybridized carbons (Fsp3) is 0.500. The lowest BCUT2D eigenvalue weighted by molar-refractivity contribution is 0.0938. The summed E-state index contributed by atoms with van der Waals surface area (Å²) in [5.41, 5.74) is 0.335. The highest BCUT2D eigenvalue weighted by atomic mass is 32.2. The Hall–Kier alpha value is -0.920. The van der Waals surface area contributed by atoms with Gasteiger partial charge in [-0.15, -0.1) is 11.3 Å². The third kappa shape index (κ3) is 4.10. The molecular weight excluding hydrogens is 260 g/mol. The van der Waals surface area contributed by atoms with Gasteiger partial charge in [0.25, 0.3) is 5.91 Å². The van der Waals surface area contributed by atoms with Gasteiger partial charge in [0.15, 0.2) is 0 Å². The summed E-state index contributed by atoms with van der Waals surface area (Å²) < 4.78 is 22.1. The molecule has 1 atom stereocenters. The van der Waals surface area contributed by atoms with Crippen LogP contribution in [-0.4, -0.2) is 20.4 Å². The standard InChI is InChI=1S/C10H16N2O3S2/c1-3-4-7(2)12-10(13)8-5-9(16-6-8)17(11,14)15/h5-7H,3-4H2,1-2H3,(H,12,13)(H2,11,14,15). The maximum absolute atomic E-state index is 11.7. The van der Waals surface area contributed by atoms with Crippen molar-refractivity contribution in [1.82, 2.24) is 5.32 Å². The second-order valence-electron chi connectivity index (χ2n) is 3.86. The van der Waals surface area contributed by atoms with Crippen LogP contribution in [0.1, 0.15) is 37.0 Å². The molecule has 0 fully saturated rings. The molecule has 0 radical (unpaired) electrons. The van der Waals surface area contributed by atoms with Crippen LogP contribution in [0.5, 0.6) is 0 Å². The maximum atomic E-state index is 11.7. The number of sulfonamides is 1. The van der Waals surface area contributed by atoms with E-state index in [9.17, 15) is 13.2 Å². The average molecular weight is 276 g/mol. The first kappa shape index (κ1) is 14.1. The minimum Gasteiger partial charge on any atom is -0.350 e. The van der Waals surface area contributed by atoms with Crippen molar-refractivity contribution in [2.24, 2.45) is 5.14 Å². The van der Waals surface area contributed by atoms with Crippen LogP contribution < -0.4 is 10.5 Å². The third-order valence-electron chi connectivity index (χ3n) is 2.22. The van der Waals surface area contributed by atoms with Crippen LogP contribution in [0.3, 0.4) is 0 Å². The van der Waals surface area contributed by atoms with E-state index in [1.54, 1.807) is 0 Å². The van der Waals surface area contributed by atoms with Gasteiger partial charge in [-0.05, 0) is 19.4 Å². The van der Waals surface area contributed by atoms with E-state index in [2.05, 4.69) is 5.32 Å². The topological polar surface area (TPSA) is 89.3 Å². The second-order valence-corrected chi connectivity index (χ2v) is 6.56. The highest BCUT2D eigenvalue weighted by molar-refractivity contribution is 7.91. The summed E-state index contributed by atoms with van der Waals surface area (Å²) in [4.78, 5) is 11.7. The molecule has 1 aromatic heterocycles. The molecule has 0 saturated carbocycles. The molecule has 0 spiro atoms. The normalized spacial score (nSPS) is 13.4. The monoisotopic (exact) mass is 276 g/mol. The lowest BCUT2D eigenvalue weighted by atomic mass is 10.2. The summed E-state index contributed by atoms with van der Waals surface area (Å²) in [6.07, 6.45) is 1.87. The van der Waals surface area contributed by atoms with Crippen molar-refractivity contribution in [3.05, 3.63) is 17.0 Å². The number of amides is 1. The Labute approximate surface area is 105 Å². The SMILES string of the molecule is CCCC(C)NC(=O)c1csc(S(N)(=O)=O)c1. The Morgan fingerprint density at radius 2 is 2.24 bits per heavy atom. The number of rotatable bonds is 5. The Morgan fingerprint density at radius 3 is 2.71 bits per heavy atom. The maximum Gasteiger partial charge on any atom is 0.252 e. The van der Waals surface area contributed by atoms with E-state index in [1.165, 1.54) is 11.4 Å². The van der Waals surface area contributed by atoms with Gasteiger partial charge >= 0.3 is 0 Å². The summed E-state index contributed by atoms with van der Waals surface area (Å²) in [5, 5.41) is 9.26. The number of primary sulfonamides is 1. The van der Waals surface area contributed by atoms with Gasteiger partial charge in [0.1, 0.15) is 4.21 Å². The summed E-state index contributed by atoms with van der Waals surface area (Å²) >= 11 is 0.951. The number of hydrogen-bond acceptors (Lipinski definition) is 4. The zero-order valence-electron chi connectivity index (χ0n) is 9.76. The molecule has 1 amide bonds. The van der Waals surface area contributed by atoms with Gasteiger partial charge in [-0.25, -0.2) is 13.6 Å². The molecule has 5 nitrogen and oxygen atoms in total. The van der Waals surface area contributed by atoms with Gasteiger partial charge in [-0.1, -0.05) is 13.3 Å². The number of thiophene rings is 1. The van der Waals surface area contributed by atoms with Crippen LogP contribution in [-0.2, 0) is 10.0 Å². The van der Waals surface area contributed by atoms with Gasteiger partial charge in [0.2, 0.25) is 10.0 Å². The molecule has 0 aliphatic rings. The number of carbonyl (C=O) groups is 1. The Bertz CT molecular complexity index is 493. The molecule has 0 saturated heterocycles. The number of hydrogen-bond donors (Lipinski definition) is 2. The Balaban J connectivity index is 2.74. The van der Waals surface area contributed by atoms with E-state index in [4.69, 9.17) is 5.14 Å². The van der Waals surface area contributed by atoms with Crippen molar-refractivity contribution in [3.8, 4) is 0 Å². The lowest BCUT2D eigenvalue weighted by Crippen LogP contribution is -2.32. The summed E-state index contributed by atoms with van der Waals surface area (Å²) in [7, 11) is -3.72. The zero-order chi connectivity index (χ0) is 13.1. The van der Waals surface area contributed by atoms with E-state index in [1.807, 2.05) is 13.8 Å². The Kier molecular flexibility index (Phi) is 4.67. The van der Waals surface area contributed by atoms with Crippen LogP contribution >= 0.6 is 11.3 Å². The van der Waals surface area contributed by atoms with Crippen molar-refractivity contribution in [2.75, 3.05) is 0 Å². The van der Waals surface area contributed by atoms with Crippen molar-refractivity contribution in [1.29, 1.82) is 0 Å². The summed E-state index contributed by atoms with van der Waals surface area (Å²) in [6.45, 7) is 3.95. The molecule has 3 N–H and O–H groups in total. The largest absolute Gasteiger partial charge is 0.350 e. The van der Waals surface area contributed by atoms with Gasteiger partial charge in [-0.2, -0.15) is 0 Å². The molecule has 0 bridgehead atoms. The van der Waals surface area contributed by atoms with Crippen molar-refractivity contribution in [2.45, 2.75) is 36.9 Å². The van der Waals surface area contributed by atoms with Gasteiger partial charge in [0, 0.05) is 11.4 Å². The molecule has 1 rings (SSSR count). The van der Waals surface area contributed by atoms with Crippen LogP contribution in [0, 0.1) is 0 Å². The van der Waals surface area contributed by atoms with Crippen LogP contribution in [0.25, 0.3) is 0 Å². The molecule has 17 heavy (non-hydrogen) atoms. The average Bonchev–Trinajstić information content (AvgIpc) is 2.65. The Morgan fingerprint density at radius 1 is 1.59 bits per heavy atom. The van der Waals surface area contributed by atoms with E-state index in [0.717, 1.165) is 24.2 Å². The zero-order valence-corrected chi connectivity index (χ0v) is 11.4. The first-order valence-electron chi connectivity index (χ1n) is 5.26. The number of carbonyl (C=O) groups excluding carboxylic acids is 1. The summed E-state index contributed by atoms with van der Waals surface area (Å²) in [5.74, 6) is -0.267. The molecule has 0 aliphatic heterocycles. The molecule has 0 aliphatic carbocycles. The summed E-state index contributed by atoms with van der Waals surface area (Å²) in [6, 6.07) is 1.37. The minimum absolute atomic E-state index is 0.00537. The van der Waals surface area contributed by atoms with Crippen LogP contribution in [0.15, 0.2) is 15.7 Å². The first-order chi connectivity index (χ1) is 7.84. The molecule has 1 heterocycles. The van der Waals surface area contributed by atoms with Gasteiger partial charge in [0.05, 0.1) is 5.56 Å². The van der Waals surface area contributed by atoms with Crippen LogP contribution in [0.2, 0.25) is 0 Å². The lowest BCUT2D eigenvalue weighted by Gasteiger charge is -2.11. The number of nitrogens with one attached hydrogen (secondary N) is 1. The fourth-order valence-electron chi connectivity index (χ4n) is 1.40. The van der Waals surface area contributed by atoms with E-state index in [0.29, 0.717) is 5.56 Å². The molecular formula is C10H16N2O3S2. The first-order valence-corrected chi connectivity index (χ1v) is 7.69. The van der Waals surface area contributed by atoms with Gasteiger partial charge in [-0.3, -0.25) is 4.79 Å². The van der Waals surface area contributed by atoms with Crippen molar-refractivity contribution >= 4 is 27.3 Å². The highest BCUT2D eigenvalue weighted by Gasteiger charge is 2.16. The van der Waals surface area contributed by atoms with E-state index >= 15 is 0 Å². The smallest absolute Gasteiger partial charge is 0.252 e.